The molecule has 4 aliphatic rings. The van der Waals surface area contributed by atoms with Crippen LogP contribution in [0.5, 0.6) is 0 Å². The molecule has 0 amide bonds. The molecule has 0 atom stereocenters. The molecule has 0 spiro atoms. The third-order valence-electron chi connectivity index (χ3n) is 4.41. The highest BCUT2D eigenvalue weighted by Crippen LogP contribution is 2.62. The summed E-state index contributed by atoms with van der Waals surface area (Å²) >= 11 is 0. The molecule has 3 N–H and O–H groups in total. The van der Waals surface area contributed by atoms with Crippen LogP contribution in [0.4, 0.5) is 0 Å². The zero-order chi connectivity index (χ0) is 13.2. The summed E-state index contributed by atoms with van der Waals surface area (Å²) < 4.78 is 5.36. The number of hydrogen-bond acceptors (Lipinski definition) is 5. The molecule has 5 heteroatoms. The number of hydrogen-bond donors (Lipinski definition) is 3. The van der Waals surface area contributed by atoms with Crippen molar-refractivity contribution in [2.45, 2.75) is 60.9 Å². The van der Waals surface area contributed by atoms with E-state index in [-0.39, 0.29) is 38.5 Å². The maximum atomic E-state index is 11.4. The molecule has 0 aromatic rings. The summed E-state index contributed by atoms with van der Waals surface area (Å²) in [5.41, 5.74) is -4.38. The summed E-state index contributed by atoms with van der Waals surface area (Å²) in [4.78, 5) is 11.4. The summed E-state index contributed by atoms with van der Waals surface area (Å²) in [6.45, 7) is 3.35. The van der Waals surface area contributed by atoms with Gasteiger partial charge in [0.15, 0.2) is 0 Å². The predicted octanol–water partition coefficient (Wildman–Crippen LogP) is 0.0291. The van der Waals surface area contributed by atoms with Crippen molar-refractivity contribution in [3.63, 3.8) is 0 Å². The van der Waals surface area contributed by atoms with E-state index >= 15 is 0 Å². The molecule has 4 fully saturated rings. The van der Waals surface area contributed by atoms with E-state index in [1.807, 2.05) is 0 Å². The van der Waals surface area contributed by atoms with Gasteiger partial charge in [-0.3, -0.25) is 0 Å². The fourth-order valence-corrected chi connectivity index (χ4v) is 4.75. The second-order valence-corrected chi connectivity index (χ2v) is 6.54. The zero-order valence-electron chi connectivity index (χ0n) is 10.2. The van der Waals surface area contributed by atoms with Gasteiger partial charge in [-0.2, -0.15) is 0 Å². The molecule has 100 valence electrons. The van der Waals surface area contributed by atoms with Crippen molar-refractivity contribution in [3.8, 4) is 0 Å². The molecule has 4 saturated carbocycles. The number of carbonyl (C=O) groups is 1. The van der Waals surface area contributed by atoms with Crippen molar-refractivity contribution in [2.75, 3.05) is 0 Å². The largest absolute Gasteiger partial charge is 0.456 e. The second kappa shape index (κ2) is 3.15. The van der Waals surface area contributed by atoms with Gasteiger partial charge < -0.3 is 20.1 Å². The highest BCUT2D eigenvalue weighted by molar-refractivity contribution is 5.81. The normalized spacial score (nSPS) is 53.3. The van der Waals surface area contributed by atoms with Crippen LogP contribution < -0.4 is 0 Å². The van der Waals surface area contributed by atoms with Crippen LogP contribution in [0.15, 0.2) is 12.7 Å². The summed E-state index contributed by atoms with van der Waals surface area (Å²) in [5, 5.41) is 31.3. The molecule has 0 unspecified atom stereocenters. The molecule has 0 aromatic carbocycles. The predicted molar refractivity (Wildman–Crippen MR) is 61.6 cm³/mol. The van der Waals surface area contributed by atoms with Crippen molar-refractivity contribution in [1.29, 1.82) is 0 Å². The van der Waals surface area contributed by atoms with Gasteiger partial charge in [-0.05, 0) is 0 Å². The Morgan fingerprint density at radius 3 is 1.67 bits per heavy atom. The molecule has 0 radical (unpaired) electrons. The van der Waals surface area contributed by atoms with Crippen molar-refractivity contribution in [3.05, 3.63) is 12.7 Å². The number of esters is 1. The van der Waals surface area contributed by atoms with Gasteiger partial charge in [0, 0.05) is 44.6 Å². The first kappa shape index (κ1) is 12.1. The maximum absolute atomic E-state index is 11.4. The molecule has 4 rings (SSSR count). The number of rotatable bonds is 2. The van der Waals surface area contributed by atoms with Gasteiger partial charge in [-0.25, -0.2) is 4.79 Å². The highest BCUT2D eigenvalue weighted by atomic mass is 16.6. The fourth-order valence-electron chi connectivity index (χ4n) is 4.75. The van der Waals surface area contributed by atoms with Gasteiger partial charge in [-0.15, -0.1) is 0 Å². The van der Waals surface area contributed by atoms with E-state index in [1.54, 1.807) is 0 Å². The minimum Gasteiger partial charge on any atom is -0.456 e. The Morgan fingerprint density at radius 2 is 1.33 bits per heavy atom. The quantitative estimate of drug-likeness (QED) is 0.478. The van der Waals surface area contributed by atoms with Crippen molar-refractivity contribution in [1.82, 2.24) is 0 Å². The minimum atomic E-state index is -1.14. The molecule has 0 heterocycles. The summed E-state index contributed by atoms with van der Waals surface area (Å²) in [5.74, 6) is -0.576. The van der Waals surface area contributed by atoms with Crippen LogP contribution in [0.3, 0.4) is 0 Å². The standard InChI is InChI=1S/C13H18O5/c1-2-9(14)18-13-6-10(15)3-11(16,7-13)5-12(17,4-10)8-13/h2,15-17H,1,3-8H2. The third-order valence-corrected chi connectivity index (χ3v) is 4.41. The lowest BCUT2D eigenvalue weighted by Gasteiger charge is -2.64. The van der Waals surface area contributed by atoms with Crippen LogP contribution in [0.1, 0.15) is 38.5 Å². The van der Waals surface area contributed by atoms with Crippen molar-refractivity contribution >= 4 is 5.97 Å². The molecular formula is C13H18O5. The maximum Gasteiger partial charge on any atom is 0.330 e. The first-order chi connectivity index (χ1) is 8.20. The third kappa shape index (κ3) is 1.69. The molecule has 0 aliphatic heterocycles. The lowest BCUT2D eigenvalue weighted by Crippen LogP contribution is -2.72. The van der Waals surface area contributed by atoms with E-state index in [9.17, 15) is 20.1 Å². The van der Waals surface area contributed by atoms with E-state index in [0.29, 0.717) is 0 Å². The van der Waals surface area contributed by atoms with Crippen LogP contribution in [0.2, 0.25) is 0 Å². The van der Waals surface area contributed by atoms with E-state index < -0.39 is 28.4 Å². The molecule has 5 nitrogen and oxygen atoms in total. The molecule has 4 aliphatic carbocycles. The Hall–Kier alpha value is -0.910. The Kier molecular flexibility index (Phi) is 2.13. The van der Waals surface area contributed by atoms with Crippen molar-refractivity contribution in [2.24, 2.45) is 0 Å². The Bertz CT molecular complexity index is 376. The Labute approximate surface area is 105 Å². The molecular weight excluding hydrogens is 236 g/mol. The monoisotopic (exact) mass is 254 g/mol. The van der Waals surface area contributed by atoms with Gasteiger partial charge >= 0.3 is 5.97 Å². The second-order valence-electron chi connectivity index (χ2n) is 6.54. The zero-order valence-corrected chi connectivity index (χ0v) is 10.2. The van der Waals surface area contributed by atoms with E-state index in [2.05, 4.69) is 6.58 Å². The molecule has 0 saturated heterocycles. The SMILES string of the molecule is C=CC(=O)OC12CC3(O)CC(O)(CC(O)(C3)C1)C2. The van der Waals surface area contributed by atoms with Gasteiger partial charge in [-0.1, -0.05) is 6.58 Å². The first-order valence-corrected chi connectivity index (χ1v) is 6.22. The van der Waals surface area contributed by atoms with Crippen LogP contribution in [0, 0.1) is 0 Å². The topological polar surface area (TPSA) is 87.0 Å². The first-order valence-electron chi connectivity index (χ1n) is 6.22. The lowest BCUT2D eigenvalue weighted by atomic mass is 9.48. The van der Waals surface area contributed by atoms with Crippen LogP contribution >= 0.6 is 0 Å². The van der Waals surface area contributed by atoms with Crippen LogP contribution in [-0.4, -0.2) is 43.7 Å². The Morgan fingerprint density at radius 1 is 0.944 bits per heavy atom. The van der Waals surface area contributed by atoms with E-state index in [1.165, 1.54) is 0 Å². The molecule has 4 bridgehead atoms. The van der Waals surface area contributed by atoms with Crippen molar-refractivity contribution < 1.29 is 24.9 Å². The minimum absolute atomic E-state index is 0.246. The number of ether oxygens (including phenoxy) is 1. The summed E-state index contributed by atoms with van der Waals surface area (Å²) in [6, 6.07) is 0. The molecule has 18 heavy (non-hydrogen) atoms. The summed E-state index contributed by atoms with van der Waals surface area (Å²) in [7, 11) is 0. The fraction of sp³-hybridized carbons (Fsp3) is 0.769. The highest BCUT2D eigenvalue weighted by Gasteiger charge is 2.69. The molecule has 0 aromatic heterocycles. The van der Waals surface area contributed by atoms with Gasteiger partial charge in [0.25, 0.3) is 0 Å². The Balaban J connectivity index is 1.98. The van der Waals surface area contributed by atoms with Gasteiger partial charge in [0.1, 0.15) is 5.60 Å². The lowest BCUT2D eigenvalue weighted by molar-refractivity contribution is -0.299. The van der Waals surface area contributed by atoms with E-state index in [0.717, 1.165) is 6.08 Å². The summed E-state index contributed by atoms with van der Waals surface area (Å²) in [6.07, 6.45) is 2.65. The average molecular weight is 254 g/mol. The van der Waals surface area contributed by atoms with E-state index in [4.69, 9.17) is 4.74 Å². The average Bonchev–Trinajstić information content (AvgIpc) is 2.08. The number of carbonyl (C=O) groups excluding carboxylic acids is 1. The van der Waals surface area contributed by atoms with Gasteiger partial charge in [0.2, 0.25) is 0 Å². The number of aliphatic hydroxyl groups is 3. The van der Waals surface area contributed by atoms with Crippen LogP contribution in [0.25, 0.3) is 0 Å². The smallest absolute Gasteiger partial charge is 0.330 e. The van der Waals surface area contributed by atoms with Gasteiger partial charge in [0.05, 0.1) is 16.8 Å². The van der Waals surface area contributed by atoms with Crippen LogP contribution in [-0.2, 0) is 9.53 Å².